The second kappa shape index (κ2) is 9.99. The minimum Gasteiger partial charge on any atom is -0.490 e. The summed E-state index contributed by atoms with van der Waals surface area (Å²) in [6.07, 6.45) is -1.22. The maximum absolute atomic E-state index is 11.7. The molecule has 1 saturated heterocycles. The van der Waals surface area contributed by atoms with Gasteiger partial charge in [0, 0.05) is 16.5 Å². The number of benzene rings is 2. The summed E-state index contributed by atoms with van der Waals surface area (Å²) in [5.74, 6) is 1.40. The van der Waals surface area contributed by atoms with Crippen molar-refractivity contribution in [3.05, 3.63) is 48.2 Å². The van der Waals surface area contributed by atoms with E-state index in [0.717, 1.165) is 0 Å². The normalized spacial score (nSPS) is 16.3. The predicted molar refractivity (Wildman–Crippen MR) is 136 cm³/mol. The first-order valence-corrected chi connectivity index (χ1v) is 12.3. The Kier molecular flexibility index (Phi) is 6.72. The Morgan fingerprint density at radius 1 is 1.05 bits per heavy atom. The van der Waals surface area contributed by atoms with Gasteiger partial charge in [-0.2, -0.15) is 4.98 Å². The number of hydrogen-bond acceptors (Lipinski definition) is 9. The van der Waals surface area contributed by atoms with E-state index >= 15 is 0 Å². The number of furan rings is 1. The third-order valence-corrected chi connectivity index (χ3v) is 6.17. The van der Waals surface area contributed by atoms with E-state index in [-0.39, 0.29) is 13.2 Å². The van der Waals surface area contributed by atoms with E-state index in [1.807, 2.05) is 26.0 Å². The van der Waals surface area contributed by atoms with Crippen molar-refractivity contribution in [2.75, 3.05) is 26.4 Å². The van der Waals surface area contributed by atoms with E-state index in [4.69, 9.17) is 27.9 Å². The topological polar surface area (TPSA) is 138 Å². The van der Waals surface area contributed by atoms with Gasteiger partial charge in [0.25, 0.3) is 5.89 Å². The van der Waals surface area contributed by atoms with Crippen LogP contribution in [0.5, 0.6) is 11.5 Å². The van der Waals surface area contributed by atoms with Crippen LogP contribution >= 0.6 is 0 Å². The average Bonchev–Trinajstić information content (AvgIpc) is 3.55. The number of fused-ring (bicyclic) bond motifs is 1. The van der Waals surface area contributed by atoms with Gasteiger partial charge in [0.05, 0.1) is 26.4 Å². The number of nitrogens with one attached hydrogen (secondary N) is 1. The molecule has 3 heterocycles. The number of carboxylic acid groups (broad SMARTS) is 1. The van der Waals surface area contributed by atoms with Crippen LogP contribution in [-0.4, -0.2) is 53.6 Å². The van der Waals surface area contributed by atoms with E-state index in [1.54, 1.807) is 44.2 Å². The molecule has 4 aromatic rings. The van der Waals surface area contributed by atoms with Gasteiger partial charge in [0.15, 0.2) is 17.3 Å². The number of ether oxygens (including phenoxy) is 4. The molecule has 0 radical (unpaired) electrons. The van der Waals surface area contributed by atoms with Crippen molar-refractivity contribution in [1.82, 2.24) is 15.5 Å². The summed E-state index contributed by atoms with van der Waals surface area (Å²) in [6.45, 7) is 8.41. The van der Waals surface area contributed by atoms with E-state index < -0.39 is 17.4 Å². The maximum Gasteiger partial charge on any atom is 0.405 e. The summed E-state index contributed by atoms with van der Waals surface area (Å²) in [6, 6.07) is 12.6. The van der Waals surface area contributed by atoms with Gasteiger partial charge in [-0.3, -0.25) is 0 Å². The van der Waals surface area contributed by atoms with Crippen molar-refractivity contribution < 1.29 is 37.8 Å². The van der Waals surface area contributed by atoms with Crippen LogP contribution in [0.3, 0.4) is 0 Å². The van der Waals surface area contributed by atoms with Crippen molar-refractivity contribution in [3.8, 4) is 34.3 Å². The molecular formula is C27H29N3O8. The van der Waals surface area contributed by atoms with E-state index in [2.05, 4.69) is 15.5 Å². The summed E-state index contributed by atoms with van der Waals surface area (Å²) in [5, 5.41) is 16.9. The van der Waals surface area contributed by atoms with Gasteiger partial charge in [0.2, 0.25) is 5.82 Å². The van der Waals surface area contributed by atoms with Crippen molar-refractivity contribution >= 4 is 17.1 Å². The summed E-state index contributed by atoms with van der Waals surface area (Å²) in [5.41, 5.74) is 0.643. The minimum atomic E-state index is -1.22. The monoisotopic (exact) mass is 523 g/mol. The van der Waals surface area contributed by atoms with Crippen LogP contribution < -0.4 is 14.8 Å². The third kappa shape index (κ3) is 4.90. The van der Waals surface area contributed by atoms with Crippen LogP contribution in [-0.2, 0) is 15.0 Å². The number of hydrogen-bond donors (Lipinski definition) is 2. The van der Waals surface area contributed by atoms with E-state index in [9.17, 15) is 9.90 Å². The van der Waals surface area contributed by atoms with Crippen LogP contribution in [0.4, 0.5) is 4.79 Å². The van der Waals surface area contributed by atoms with Crippen molar-refractivity contribution in [2.24, 2.45) is 0 Å². The van der Waals surface area contributed by atoms with Gasteiger partial charge in [-0.15, -0.1) is 0 Å². The molecule has 1 aliphatic rings. The number of amides is 1. The first-order chi connectivity index (χ1) is 18.2. The first-order valence-electron chi connectivity index (χ1n) is 12.3. The summed E-state index contributed by atoms with van der Waals surface area (Å²) < 4.78 is 34.6. The lowest BCUT2D eigenvalue weighted by atomic mass is 9.96. The van der Waals surface area contributed by atoms with E-state index in [0.29, 0.717) is 64.3 Å². The largest absolute Gasteiger partial charge is 0.490 e. The van der Waals surface area contributed by atoms with Crippen molar-refractivity contribution in [1.29, 1.82) is 0 Å². The molecule has 11 heteroatoms. The zero-order chi connectivity index (χ0) is 26.9. The molecule has 2 aromatic carbocycles. The molecule has 5 rings (SSSR count). The van der Waals surface area contributed by atoms with Gasteiger partial charge in [0.1, 0.15) is 16.9 Å². The second-order valence-electron chi connectivity index (χ2n) is 9.27. The van der Waals surface area contributed by atoms with Crippen LogP contribution in [0.1, 0.15) is 33.5 Å². The summed E-state index contributed by atoms with van der Waals surface area (Å²) >= 11 is 0. The Bertz CT molecular complexity index is 1450. The zero-order valence-electron chi connectivity index (χ0n) is 21.6. The molecule has 0 bridgehead atoms. The SMILES string of the molecule is CCOc1ccc(-c2nc(-c3cccc4oc(C5(NC(=O)O)COC(C)(C)OC5)cc34)no2)cc1OCC. The fraction of sp³-hybridized carbons (Fsp3) is 0.370. The van der Waals surface area contributed by atoms with Crippen LogP contribution in [0.25, 0.3) is 33.8 Å². The van der Waals surface area contributed by atoms with Gasteiger partial charge < -0.3 is 38.3 Å². The molecular weight excluding hydrogens is 494 g/mol. The molecule has 0 spiro atoms. The Morgan fingerprint density at radius 2 is 1.79 bits per heavy atom. The number of nitrogens with zero attached hydrogens (tertiary/aromatic N) is 2. The third-order valence-electron chi connectivity index (χ3n) is 6.17. The van der Waals surface area contributed by atoms with E-state index in [1.165, 1.54) is 0 Å². The minimum absolute atomic E-state index is 0.0354. The lowest BCUT2D eigenvalue weighted by molar-refractivity contribution is -0.274. The number of aromatic nitrogens is 2. The first kappa shape index (κ1) is 25.6. The van der Waals surface area contributed by atoms with Crippen LogP contribution in [0, 0.1) is 0 Å². The highest BCUT2D eigenvalue weighted by molar-refractivity contribution is 5.93. The molecule has 11 nitrogen and oxygen atoms in total. The van der Waals surface area contributed by atoms with Crippen LogP contribution in [0.2, 0.25) is 0 Å². The molecule has 0 unspecified atom stereocenters. The highest BCUT2D eigenvalue weighted by Crippen LogP contribution is 2.38. The highest BCUT2D eigenvalue weighted by atomic mass is 16.7. The fourth-order valence-corrected chi connectivity index (χ4v) is 4.28. The van der Waals surface area contributed by atoms with Crippen molar-refractivity contribution in [2.45, 2.75) is 39.0 Å². The standard InChI is InChI=1S/C27H29N3O8/c1-5-33-20-11-10-16(12-21(20)34-6-2)24-28-23(30-38-24)17-8-7-9-19-18(17)13-22(37-19)27(29-25(31)32)14-35-26(3,4)36-15-27/h7-13,29H,5-6,14-15H2,1-4H3,(H,31,32). The van der Waals surface area contributed by atoms with Gasteiger partial charge >= 0.3 is 6.09 Å². The van der Waals surface area contributed by atoms with Gasteiger partial charge in [-0.05, 0) is 58.0 Å². The van der Waals surface area contributed by atoms with Gasteiger partial charge in [-0.25, -0.2) is 4.79 Å². The number of carbonyl (C=O) groups is 1. The molecule has 1 aliphatic heterocycles. The molecule has 1 amide bonds. The molecule has 0 aliphatic carbocycles. The van der Waals surface area contributed by atoms with Crippen molar-refractivity contribution in [3.63, 3.8) is 0 Å². The summed E-state index contributed by atoms with van der Waals surface area (Å²) in [4.78, 5) is 16.3. The quantitative estimate of drug-likeness (QED) is 0.317. The maximum atomic E-state index is 11.7. The van der Waals surface area contributed by atoms with Crippen LogP contribution in [0.15, 0.2) is 51.4 Å². The summed E-state index contributed by atoms with van der Waals surface area (Å²) in [7, 11) is 0. The lowest BCUT2D eigenvalue weighted by Crippen LogP contribution is -2.58. The molecule has 0 saturated carbocycles. The predicted octanol–water partition coefficient (Wildman–Crippen LogP) is 5.19. The van der Waals surface area contributed by atoms with Gasteiger partial charge in [-0.1, -0.05) is 17.3 Å². The molecule has 38 heavy (non-hydrogen) atoms. The Morgan fingerprint density at radius 3 is 2.50 bits per heavy atom. The lowest BCUT2D eigenvalue weighted by Gasteiger charge is -2.41. The number of rotatable bonds is 8. The fourth-order valence-electron chi connectivity index (χ4n) is 4.28. The average molecular weight is 524 g/mol. The second-order valence-corrected chi connectivity index (χ2v) is 9.27. The smallest absolute Gasteiger partial charge is 0.405 e. The zero-order valence-corrected chi connectivity index (χ0v) is 21.6. The molecule has 2 aromatic heterocycles. The highest BCUT2D eigenvalue weighted by Gasteiger charge is 2.45. The Balaban J connectivity index is 1.51. The Labute approximate surface area is 218 Å². The Hall–Kier alpha value is -4.09. The molecule has 200 valence electrons. The molecule has 0 atom stereocenters. The molecule has 1 fully saturated rings. The molecule has 2 N–H and O–H groups in total.